The van der Waals surface area contributed by atoms with Crippen molar-refractivity contribution in [3.63, 3.8) is 0 Å². The van der Waals surface area contributed by atoms with Crippen LogP contribution in [0.5, 0.6) is 0 Å². The molecule has 1 aromatic carbocycles. The molecule has 4 nitrogen and oxygen atoms in total. The van der Waals surface area contributed by atoms with E-state index in [-0.39, 0.29) is 5.78 Å². The summed E-state index contributed by atoms with van der Waals surface area (Å²) in [6.07, 6.45) is 1.60. The van der Waals surface area contributed by atoms with Crippen LogP contribution < -0.4 is 0 Å². The zero-order valence-corrected chi connectivity index (χ0v) is 13.5. The lowest BCUT2D eigenvalue weighted by Crippen LogP contribution is -2.15. The van der Waals surface area contributed by atoms with Gasteiger partial charge in [0.25, 0.3) is 0 Å². The van der Waals surface area contributed by atoms with E-state index >= 15 is 0 Å². The van der Waals surface area contributed by atoms with E-state index in [0.717, 1.165) is 5.56 Å². The van der Waals surface area contributed by atoms with E-state index in [2.05, 4.69) is 21.0 Å². The predicted molar refractivity (Wildman–Crippen MR) is 81.4 cm³/mol. The van der Waals surface area contributed by atoms with Crippen LogP contribution >= 0.6 is 27.5 Å². The molecule has 0 aliphatic carbocycles. The maximum Gasteiger partial charge on any atom is 0.213 e. The highest BCUT2D eigenvalue weighted by molar-refractivity contribution is 9.10. The number of methoxy groups -OCH3 is 1. The van der Waals surface area contributed by atoms with Gasteiger partial charge in [-0.1, -0.05) is 17.7 Å². The van der Waals surface area contributed by atoms with Gasteiger partial charge in [-0.25, -0.2) is 0 Å². The molecule has 106 valence electrons. The van der Waals surface area contributed by atoms with Gasteiger partial charge in [-0.15, -0.1) is 0 Å². The quantitative estimate of drug-likeness (QED) is 0.770. The highest BCUT2D eigenvalue weighted by atomic mass is 79.9. The van der Waals surface area contributed by atoms with Crippen molar-refractivity contribution in [3.8, 4) is 0 Å². The van der Waals surface area contributed by atoms with Gasteiger partial charge in [0, 0.05) is 12.7 Å². The Morgan fingerprint density at radius 3 is 2.90 bits per heavy atom. The second kappa shape index (κ2) is 6.52. The molecule has 0 radical (unpaired) electrons. The maximum atomic E-state index is 12.6. The van der Waals surface area contributed by atoms with E-state index in [0.29, 0.717) is 33.9 Å². The van der Waals surface area contributed by atoms with Gasteiger partial charge in [0.15, 0.2) is 0 Å². The van der Waals surface area contributed by atoms with E-state index in [4.69, 9.17) is 16.3 Å². The van der Waals surface area contributed by atoms with E-state index in [1.807, 2.05) is 13.0 Å². The highest BCUT2D eigenvalue weighted by Crippen LogP contribution is 2.25. The minimum absolute atomic E-state index is 0.157. The summed E-state index contributed by atoms with van der Waals surface area (Å²) in [5.74, 6) is -0.157. The fraction of sp³-hybridized carbons (Fsp3) is 0.286. The molecule has 0 N–H and O–H groups in total. The number of carbonyl (C=O) groups excluding carboxylic acids is 1. The third kappa shape index (κ3) is 3.11. The van der Waals surface area contributed by atoms with Crippen molar-refractivity contribution in [3.05, 3.63) is 50.7 Å². The molecule has 0 unspecified atom stereocenters. The lowest BCUT2D eigenvalue weighted by atomic mass is 10.1. The van der Waals surface area contributed by atoms with Crippen LogP contribution in [0.3, 0.4) is 0 Å². The van der Waals surface area contributed by atoms with Crippen LogP contribution in [0.1, 0.15) is 21.6 Å². The average Bonchev–Trinajstić information content (AvgIpc) is 2.77. The van der Waals surface area contributed by atoms with Crippen molar-refractivity contribution < 1.29 is 9.53 Å². The maximum absolute atomic E-state index is 12.6. The normalized spacial score (nSPS) is 10.8. The Morgan fingerprint density at radius 2 is 2.25 bits per heavy atom. The number of nitrogens with zero attached hydrogens (tertiary/aromatic N) is 2. The van der Waals surface area contributed by atoms with Crippen LogP contribution in [0.2, 0.25) is 5.02 Å². The number of ether oxygens (including phenoxy) is 1. The van der Waals surface area contributed by atoms with E-state index in [1.54, 1.807) is 30.1 Å². The SMILES string of the molecule is COCCn1ncc(Br)c1C(=O)c1ccc(C)cc1Cl. The molecule has 0 bridgehead atoms. The average molecular weight is 358 g/mol. The topological polar surface area (TPSA) is 44.1 Å². The van der Waals surface area contributed by atoms with Crippen molar-refractivity contribution in [2.45, 2.75) is 13.5 Å². The summed E-state index contributed by atoms with van der Waals surface area (Å²) in [7, 11) is 1.61. The van der Waals surface area contributed by atoms with Crippen LogP contribution in [0, 0.1) is 6.92 Å². The molecule has 0 atom stereocenters. The fourth-order valence-electron chi connectivity index (χ4n) is 1.87. The first-order valence-corrected chi connectivity index (χ1v) is 7.22. The van der Waals surface area contributed by atoms with Gasteiger partial charge in [-0.2, -0.15) is 5.10 Å². The van der Waals surface area contributed by atoms with E-state index in [9.17, 15) is 4.79 Å². The second-order valence-electron chi connectivity index (χ2n) is 4.37. The number of benzene rings is 1. The van der Waals surface area contributed by atoms with Crippen molar-refractivity contribution in [1.82, 2.24) is 9.78 Å². The van der Waals surface area contributed by atoms with Crippen molar-refractivity contribution in [2.75, 3.05) is 13.7 Å². The molecule has 20 heavy (non-hydrogen) atoms. The summed E-state index contributed by atoms with van der Waals surface area (Å²) in [5, 5.41) is 4.62. The monoisotopic (exact) mass is 356 g/mol. The van der Waals surface area contributed by atoms with Gasteiger partial charge in [0.1, 0.15) is 5.69 Å². The summed E-state index contributed by atoms with van der Waals surface area (Å²) in [4.78, 5) is 12.6. The number of halogens is 2. The zero-order valence-electron chi connectivity index (χ0n) is 11.2. The molecule has 0 amide bonds. The summed E-state index contributed by atoms with van der Waals surface area (Å²) < 4.78 is 7.29. The van der Waals surface area contributed by atoms with Crippen LogP contribution in [-0.2, 0) is 11.3 Å². The summed E-state index contributed by atoms with van der Waals surface area (Å²) in [5.41, 5.74) is 1.96. The second-order valence-corrected chi connectivity index (χ2v) is 5.63. The summed E-state index contributed by atoms with van der Waals surface area (Å²) in [6, 6.07) is 5.38. The van der Waals surface area contributed by atoms with Crippen LogP contribution in [0.25, 0.3) is 0 Å². The van der Waals surface area contributed by atoms with Gasteiger partial charge >= 0.3 is 0 Å². The van der Waals surface area contributed by atoms with Crippen LogP contribution in [0.15, 0.2) is 28.9 Å². The number of ketones is 1. The Morgan fingerprint density at radius 1 is 1.50 bits per heavy atom. The van der Waals surface area contributed by atoms with Crippen molar-refractivity contribution >= 4 is 33.3 Å². The molecule has 0 spiro atoms. The van der Waals surface area contributed by atoms with E-state index in [1.165, 1.54) is 0 Å². The lowest BCUT2D eigenvalue weighted by molar-refractivity contribution is 0.102. The number of hydrogen-bond acceptors (Lipinski definition) is 3. The molecule has 1 heterocycles. The molecule has 0 saturated carbocycles. The molecule has 0 aliphatic rings. The summed E-state index contributed by atoms with van der Waals surface area (Å²) in [6.45, 7) is 2.92. The Balaban J connectivity index is 2.40. The molecule has 2 aromatic rings. The zero-order chi connectivity index (χ0) is 14.7. The van der Waals surface area contributed by atoms with Crippen LogP contribution in [-0.4, -0.2) is 29.3 Å². The highest BCUT2D eigenvalue weighted by Gasteiger charge is 2.20. The number of rotatable bonds is 5. The van der Waals surface area contributed by atoms with Gasteiger partial charge < -0.3 is 4.74 Å². The minimum Gasteiger partial charge on any atom is -0.383 e. The third-order valence-corrected chi connectivity index (χ3v) is 3.78. The van der Waals surface area contributed by atoms with E-state index < -0.39 is 0 Å². The van der Waals surface area contributed by atoms with Gasteiger partial charge in [0.05, 0.1) is 28.8 Å². The molecule has 1 aromatic heterocycles. The molecule has 0 fully saturated rings. The van der Waals surface area contributed by atoms with Crippen molar-refractivity contribution in [1.29, 1.82) is 0 Å². The van der Waals surface area contributed by atoms with Gasteiger partial charge in [-0.05, 0) is 40.5 Å². The lowest BCUT2D eigenvalue weighted by Gasteiger charge is -2.08. The molecular weight excluding hydrogens is 344 g/mol. The smallest absolute Gasteiger partial charge is 0.213 e. The first kappa shape index (κ1) is 15.2. The third-order valence-electron chi connectivity index (χ3n) is 2.89. The van der Waals surface area contributed by atoms with Crippen molar-refractivity contribution in [2.24, 2.45) is 0 Å². The number of hydrogen-bond donors (Lipinski definition) is 0. The van der Waals surface area contributed by atoms with Gasteiger partial charge in [-0.3, -0.25) is 9.48 Å². The molecule has 6 heteroatoms. The molecule has 2 rings (SSSR count). The predicted octanol–water partition coefficient (Wildman–Crippen LogP) is 3.48. The molecular formula is C14H14BrClN2O2. The summed E-state index contributed by atoms with van der Waals surface area (Å²) >= 11 is 9.52. The Kier molecular flexibility index (Phi) is 4.96. The standard InChI is InChI=1S/C14H14BrClN2O2/c1-9-3-4-10(12(16)7-9)14(19)13-11(15)8-17-18(13)5-6-20-2/h3-4,7-8H,5-6H2,1-2H3. The first-order valence-electron chi connectivity index (χ1n) is 6.05. The van der Waals surface area contributed by atoms with Crippen LogP contribution in [0.4, 0.5) is 0 Å². The largest absolute Gasteiger partial charge is 0.383 e. The molecule has 0 saturated heterocycles. The number of aromatic nitrogens is 2. The fourth-order valence-corrected chi connectivity index (χ4v) is 2.66. The van der Waals surface area contributed by atoms with Gasteiger partial charge in [0.2, 0.25) is 5.78 Å². The number of aryl methyl sites for hydroxylation is 1. The minimum atomic E-state index is -0.157. The molecule has 0 aliphatic heterocycles. The first-order chi connectivity index (χ1) is 9.54. The Bertz CT molecular complexity index is 640. The Hall–Kier alpha value is -1.17. The number of carbonyl (C=O) groups is 1. The Labute approximate surface area is 130 Å².